The molecule has 2 aromatic carbocycles. The zero-order valence-corrected chi connectivity index (χ0v) is 18.0. The Morgan fingerprint density at radius 2 is 1.97 bits per heavy atom. The van der Waals surface area contributed by atoms with Crippen LogP contribution < -0.4 is 15.7 Å². The number of aliphatic hydroxyl groups excluding tert-OH is 1. The van der Waals surface area contributed by atoms with Gasteiger partial charge in [-0.1, -0.05) is 30.3 Å². The molecule has 3 aromatic rings. The van der Waals surface area contributed by atoms with Crippen molar-refractivity contribution < 1.29 is 19.1 Å². The van der Waals surface area contributed by atoms with Gasteiger partial charge in [-0.2, -0.15) is 0 Å². The molecule has 0 aliphatic carbocycles. The number of aliphatic hydroxyl groups is 1. The highest BCUT2D eigenvalue weighted by atomic mass is 16.5. The number of nitrogens with one attached hydrogen (secondary N) is 1. The lowest BCUT2D eigenvalue weighted by Crippen LogP contribution is -2.32. The van der Waals surface area contributed by atoms with Crippen LogP contribution in [0.1, 0.15) is 48.6 Å². The van der Waals surface area contributed by atoms with E-state index in [0.717, 1.165) is 40.7 Å². The van der Waals surface area contributed by atoms with Gasteiger partial charge in [0.2, 0.25) is 5.91 Å². The number of hydrogen-bond donors (Lipinski definition) is 2. The third kappa shape index (κ3) is 4.49. The summed E-state index contributed by atoms with van der Waals surface area (Å²) in [4.78, 5) is 25.1. The average Bonchev–Trinajstić information content (AvgIpc) is 2.74. The van der Waals surface area contributed by atoms with E-state index in [9.17, 15) is 14.7 Å². The molecule has 1 aliphatic rings. The van der Waals surface area contributed by atoms with Crippen LogP contribution in [-0.2, 0) is 17.6 Å². The van der Waals surface area contributed by atoms with E-state index in [0.29, 0.717) is 11.1 Å². The van der Waals surface area contributed by atoms with Gasteiger partial charge in [-0.05, 0) is 56.4 Å². The van der Waals surface area contributed by atoms with Crippen LogP contribution in [0.4, 0.5) is 0 Å². The Bertz CT molecular complexity index is 1180. The summed E-state index contributed by atoms with van der Waals surface area (Å²) in [5.74, 6) is 0.402. The molecular formula is C25H27NO5. The summed E-state index contributed by atoms with van der Waals surface area (Å²) in [6.45, 7) is 5.98. The topological polar surface area (TPSA) is 88.8 Å². The van der Waals surface area contributed by atoms with Gasteiger partial charge in [-0.15, -0.1) is 0 Å². The van der Waals surface area contributed by atoms with Crippen LogP contribution in [0.25, 0.3) is 11.0 Å². The molecule has 0 unspecified atom stereocenters. The lowest BCUT2D eigenvalue weighted by atomic mass is 9.92. The van der Waals surface area contributed by atoms with Crippen LogP contribution in [0.3, 0.4) is 0 Å². The molecule has 2 heterocycles. The molecule has 31 heavy (non-hydrogen) atoms. The quantitative estimate of drug-likeness (QED) is 0.615. The minimum absolute atomic E-state index is 0.0709. The summed E-state index contributed by atoms with van der Waals surface area (Å²) in [5, 5.41) is 13.7. The lowest BCUT2D eigenvalue weighted by Gasteiger charge is -2.32. The van der Waals surface area contributed by atoms with E-state index in [1.54, 1.807) is 18.2 Å². The molecule has 4 rings (SSSR count). The van der Waals surface area contributed by atoms with Crippen molar-refractivity contribution >= 4 is 16.9 Å². The van der Waals surface area contributed by atoms with Gasteiger partial charge in [-0.25, -0.2) is 4.79 Å². The first-order chi connectivity index (χ1) is 14.7. The van der Waals surface area contributed by atoms with Crippen LogP contribution in [0, 0.1) is 6.92 Å². The van der Waals surface area contributed by atoms with Crippen molar-refractivity contribution in [2.45, 2.75) is 51.7 Å². The molecule has 162 valence electrons. The average molecular weight is 421 g/mol. The maximum atomic E-state index is 12.6. The number of fused-ring (bicyclic) bond motifs is 2. The number of rotatable bonds is 5. The Balaban J connectivity index is 1.54. The number of carbonyl (C=O) groups excluding carboxylic acids is 1. The molecule has 0 spiro atoms. The van der Waals surface area contributed by atoms with Crippen LogP contribution in [0.5, 0.6) is 5.75 Å². The minimum Gasteiger partial charge on any atom is -0.487 e. The summed E-state index contributed by atoms with van der Waals surface area (Å²) in [5.41, 5.74) is 2.54. The van der Waals surface area contributed by atoms with Crippen molar-refractivity contribution in [3.63, 3.8) is 0 Å². The normalized spacial score (nSPS) is 15.7. The van der Waals surface area contributed by atoms with E-state index < -0.39 is 11.7 Å². The van der Waals surface area contributed by atoms with Gasteiger partial charge < -0.3 is 19.6 Å². The lowest BCUT2D eigenvalue weighted by molar-refractivity contribution is -0.120. The Kier molecular flexibility index (Phi) is 5.58. The minimum atomic E-state index is -0.810. The zero-order chi connectivity index (χ0) is 22.2. The molecule has 1 aliphatic heterocycles. The maximum absolute atomic E-state index is 12.6. The molecule has 6 heteroatoms. The number of ether oxygens (including phenoxy) is 1. The first kappa shape index (κ1) is 21.1. The molecule has 0 bridgehead atoms. The number of amides is 1. The van der Waals surface area contributed by atoms with Crippen molar-refractivity contribution in [1.29, 1.82) is 0 Å². The predicted octanol–water partition coefficient (Wildman–Crippen LogP) is 3.60. The van der Waals surface area contributed by atoms with Gasteiger partial charge in [-0.3, -0.25) is 4.79 Å². The fourth-order valence-corrected chi connectivity index (χ4v) is 3.97. The number of benzene rings is 2. The van der Waals surface area contributed by atoms with E-state index in [2.05, 4.69) is 5.32 Å². The molecule has 1 aromatic heterocycles. The molecule has 6 nitrogen and oxygen atoms in total. The summed E-state index contributed by atoms with van der Waals surface area (Å²) in [6.07, 6.45) is 0.867. The standard InChI is InChI=1S/C25H27NO5/c1-15-18-11-17-9-10-25(2,3)31-21(17)13-22(18)30-24(29)19(15)12-23(28)26-14-20(27)16-7-5-4-6-8-16/h4-8,11,13,20,27H,9-10,12,14H2,1-3H3,(H,26,28)/t20-/m0/s1. The number of carbonyl (C=O) groups is 1. The van der Waals surface area contributed by atoms with Crippen molar-refractivity contribution in [3.05, 3.63) is 75.1 Å². The fourth-order valence-electron chi connectivity index (χ4n) is 3.97. The van der Waals surface area contributed by atoms with Gasteiger partial charge >= 0.3 is 5.63 Å². The van der Waals surface area contributed by atoms with Gasteiger partial charge in [0.25, 0.3) is 0 Å². The molecule has 1 amide bonds. The van der Waals surface area contributed by atoms with Crippen molar-refractivity contribution in [3.8, 4) is 5.75 Å². The smallest absolute Gasteiger partial charge is 0.340 e. The maximum Gasteiger partial charge on any atom is 0.340 e. The second-order valence-electron chi connectivity index (χ2n) is 8.72. The molecular weight excluding hydrogens is 394 g/mol. The highest BCUT2D eigenvalue weighted by Gasteiger charge is 2.28. The Labute approximate surface area is 180 Å². The van der Waals surface area contributed by atoms with E-state index in [1.807, 2.05) is 45.0 Å². The van der Waals surface area contributed by atoms with Gasteiger partial charge in [0.1, 0.15) is 16.9 Å². The second kappa shape index (κ2) is 8.19. The zero-order valence-electron chi connectivity index (χ0n) is 18.0. The fraction of sp³-hybridized carbons (Fsp3) is 0.360. The highest BCUT2D eigenvalue weighted by molar-refractivity contribution is 5.86. The first-order valence-corrected chi connectivity index (χ1v) is 10.5. The van der Waals surface area contributed by atoms with Crippen LogP contribution in [-0.4, -0.2) is 23.2 Å². The van der Waals surface area contributed by atoms with Crippen LogP contribution in [0.2, 0.25) is 0 Å². The predicted molar refractivity (Wildman–Crippen MR) is 118 cm³/mol. The second-order valence-corrected chi connectivity index (χ2v) is 8.72. The van der Waals surface area contributed by atoms with E-state index in [1.165, 1.54) is 0 Å². The van der Waals surface area contributed by atoms with Crippen LogP contribution >= 0.6 is 0 Å². The highest BCUT2D eigenvalue weighted by Crippen LogP contribution is 2.36. The van der Waals surface area contributed by atoms with Crippen molar-refractivity contribution in [2.75, 3.05) is 6.54 Å². The third-order valence-corrected chi connectivity index (χ3v) is 5.87. The molecule has 1 atom stereocenters. The SMILES string of the molecule is Cc1c(CC(=O)NC[C@H](O)c2ccccc2)c(=O)oc2cc3c(cc12)CCC(C)(C)O3. The number of aryl methyl sites for hydroxylation is 2. The van der Waals surface area contributed by atoms with Gasteiger partial charge in [0, 0.05) is 18.0 Å². The molecule has 0 fully saturated rings. The third-order valence-electron chi connectivity index (χ3n) is 5.87. The summed E-state index contributed by atoms with van der Waals surface area (Å²) in [7, 11) is 0. The van der Waals surface area contributed by atoms with Crippen molar-refractivity contribution in [1.82, 2.24) is 5.32 Å². The van der Waals surface area contributed by atoms with E-state index >= 15 is 0 Å². The molecule has 2 N–H and O–H groups in total. The van der Waals surface area contributed by atoms with Crippen molar-refractivity contribution in [2.24, 2.45) is 0 Å². The van der Waals surface area contributed by atoms with Gasteiger partial charge in [0.05, 0.1) is 18.1 Å². The summed E-state index contributed by atoms with van der Waals surface area (Å²) in [6, 6.07) is 12.9. The first-order valence-electron chi connectivity index (χ1n) is 10.5. The largest absolute Gasteiger partial charge is 0.487 e. The van der Waals surface area contributed by atoms with E-state index in [-0.39, 0.29) is 24.5 Å². The molecule has 0 saturated heterocycles. The molecule has 0 radical (unpaired) electrons. The number of hydrogen-bond acceptors (Lipinski definition) is 5. The monoisotopic (exact) mass is 421 g/mol. The summed E-state index contributed by atoms with van der Waals surface area (Å²) < 4.78 is 11.6. The Morgan fingerprint density at radius 3 is 2.71 bits per heavy atom. The van der Waals surface area contributed by atoms with Gasteiger partial charge in [0.15, 0.2) is 0 Å². The Hall–Kier alpha value is -3.12. The summed E-state index contributed by atoms with van der Waals surface area (Å²) >= 11 is 0. The van der Waals surface area contributed by atoms with Crippen LogP contribution in [0.15, 0.2) is 51.7 Å². The van der Waals surface area contributed by atoms with E-state index in [4.69, 9.17) is 9.15 Å². The molecule has 0 saturated carbocycles. The Morgan fingerprint density at radius 1 is 1.23 bits per heavy atom.